The molecule has 17 heavy (non-hydrogen) atoms. The van der Waals surface area contributed by atoms with Crippen molar-refractivity contribution >= 4 is 6.29 Å². The Bertz CT molecular complexity index is 341. The van der Waals surface area contributed by atoms with E-state index in [1.807, 2.05) is 6.92 Å². The second-order valence-corrected chi connectivity index (χ2v) is 4.65. The van der Waals surface area contributed by atoms with Gasteiger partial charge in [0, 0.05) is 22.3 Å². The molecule has 0 N–H and O–H groups in total. The van der Waals surface area contributed by atoms with Crippen molar-refractivity contribution in [3.63, 3.8) is 0 Å². The number of hydrogen-bond acceptors (Lipinski definition) is 3. The zero-order valence-corrected chi connectivity index (χ0v) is 10.4. The SMILES string of the molecule is CC(CC=O)CCC(N=[N+]=[N-])C(C)(C)N=[N+]=[N-]. The molecule has 0 aromatic carbocycles. The predicted octanol–water partition coefficient (Wildman–Crippen LogP) is 3.76. The number of aldehydes is 1. The molecule has 2 atom stereocenters. The Morgan fingerprint density at radius 1 is 1.29 bits per heavy atom. The summed E-state index contributed by atoms with van der Waals surface area (Å²) >= 11 is 0. The summed E-state index contributed by atoms with van der Waals surface area (Å²) < 4.78 is 0. The number of hydrogen-bond donors (Lipinski definition) is 0. The monoisotopic (exact) mass is 238 g/mol. The fourth-order valence-electron chi connectivity index (χ4n) is 1.52. The lowest BCUT2D eigenvalue weighted by Crippen LogP contribution is -2.32. The van der Waals surface area contributed by atoms with Crippen LogP contribution in [0.4, 0.5) is 0 Å². The molecule has 94 valence electrons. The maximum absolute atomic E-state index is 10.3. The third-order valence-electron chi connectivity index (χ3n) is 2.74. The van der Waals surface area contributed by atoms with Crippen LogP contribution in [0.3, 0.4) is 0 Å². The van der Waals surface area contributed by atoms with Gasteiger partial charge < -0.3 is 4.79 Å². The molecule has 0 aliphatic heterocycles. The lowest BCUT2D eigenvalue weighted by molar-refractivity contribution is -0.108. The first kappa shape index (κ1) is 15.3. The van der Waals surface area contributed by atoms with Gasteiger partial charge in [-0.1, -0.05) is 31.0 Å². The molecule has 0 fully saturated rings. The number of nitrogens with zero attached hydrogens (tertiary/aromatic N) is 6. The molecule has 7 nitrogen and oxygen atoms in total. The van der Waals surface area contributed by atoms with Gasteiger partial charge in [-0.25, -0.2) is 0 Å². The highest BCUT2D eigenvalue weighted by Gasteiger charge is 2.27. The molecular formula is C10H18N6O. The van der Waals surface area contributed by atoms with Crippen LogP contribution in [0.1, 0.15) is 40.0 Å². The first-order valence-electron chi connectivity index (χ1n) is 5.52. The molecule has 0 spiro atoms. The molecule has 0 radical (unpaired) electrons. The van der Waals surface area contributed by atoms with Crippen LogP contribution in [-0.2, 0) is 4.79 Å². The first-order chi connectivity index (χ1) is 7.97. The topological polar surface area (TPSA) is 115 Å². The molecule has 0 aromatic rings. The zero-order chi connectivity index (χ0) is 13.3. The van der Waals surface area contributed by atoms with Crippen molar-refractivity contribution in [1.29, 1.82) is 0 Å². The highest BCUT2D eigenvalue weighted by atomic mass is 16.1. The number of carbonyl (C=O) groups is 1. The Morgan fingerprint density at radius 2 is 1.94 bits per heavy atom. The van der Waals surface area contributed by atoms with E-state index in [2.05, 4.69) is 20.1 Å². The van der Waals surface area contributed by atoms with Crippen LogP contribution in [-0.4, -0.2) is 17.9 Å². The van der Waals surface area contributed by atoms with Crippen molar-refractivity contribution in [2.75, 3.05) is 0 Å². The second-order valence-electron chi connectivity index (χ2n) is 4.65. The van der Waals surface area contributed by atoms with Gasteiger partial charge in [0.05, 0.1) is 5.54 Å². The van der Waals surface area contributed by atoms with Crippen molar-refractivity contribution < 1.29 is 4.79 Å². The second kappa shape index (κ2) is 7.54. The Labute approximate surface area is 100 Å². The van der Waals surface area contributed by atoms with E-state index in [9.17, 15) is 4.79 Å². The van der Waals surface area contributed by atoms with Gasteiger partial charge >= 0.3 is 0 Å². The molecular weight excluding hydrogens is 220 g/mol. The van der Waals surface area contributed by atoms with E-state index in [1.54, 1.807) is 13.8 Å². The summed E-state index contributed by atoms with van der Waals surface area (Å²) in [5.41, 5.74) is 16.2. The minimum absolute atomic E-state index is 0.241. The summed E-state index contributed by atoms with van der Waals surface area (Å²) in [6, 6.07) is -0.391. The summed E-state index contributed by atoms with van der Waals surface area (Å²) in [5.74, 6) is 0.241. The van der Waals surface area contributed by atoms with Crippen LogP contribution < -0.4 is 0 Å². The molecule has 7 heteroatoms. The van der Waals surface area contributed by atoms with E-state index in [0.29, 0.717) is 12.8 Å². The highest BCUT2D eigenvalue weighted by molar-refractivity contribution is 5.49. The Balaban J connectivity index is 4.59. The minimum atomic E-state index is -0.748. The summed E-state index contributed by atoms with van der Waals surface area (Å²) in [5, 5.41) is 7.32. The van der Waals surface area contributed by atoms with Gasteiger partial charge in [0.25, 0.3) is 0 Å². The maximum atomic E-state index is 10.3. The predicted molar refractivity (Wildman–Crippen MR) is 65.2 cm³/mol. The normalized spacial score (nSPS) is 14.1. The molecule has 0 saturated carbocycles. The quantitative estimate of drug-likeness (QED) is 0.272. The van der Waals surface area contributed by atoms with E-state index in [0.717, 1.165) is 12.7 Å². The summed E-state index contributed by atoms with van der Waals surface area (Å²) in [6.45, 7) is 5.43. The van der Waals surface area contributed by atoms with Crippen molar-refractivity contribution in [2.45, 2.75) is 51.6 Å². The minimum Gasteiger partial charge on any atom is -0.303 e. The molecule has 0 saturated heterocycles. The van der Waals surface area contributed by atoms with Crippen LogP contribution in [0.5, 0.6) is 0 Å². The lowest BCUT2D eigenvalue weighted by atomic mass is 9.89. The van der Waals surface area contributed by atoms with Crippen LogP contribution in [0.15, 0.2) is 10.2 Å². The fraction of sp³-hybridized carbons (Fsp3) is 0.900. The molecule has 0 aliphatic carbocycles. The molecule has 0 rings (SSSR count). The summed E-state index contributed by atoms with van der Waals surface area (Å²) in [7, 11) is 0. The third kappa shape index (κ3) is 5.80. The van der Waals surface area contributed by atoms with E-state index in [-0.39, 0.29) is 5.92 Å². The van der Waals surface area contributed by atoms with Gasteiger partial charge in [-0.15, -0.1) is 0 Å². The van der Waals surface area contributed by atoms with Gasteiger partial charge in [0.1, 0.15) is 6.29 Å². The standard InChI is InChI=1S/C10H18N6O/c1-8(6-7-17)4-5-9(13-15-11)10(2,3)14-16-12/h7-9H,4-6H2,1-3H3. The van der Waals surface area contributed by atoms with Gasteiger partial charge in [-0.2, -0.15) is 0 Å². The van der Waals surface area contributed by atoms with Gasteiger partial charge in [-0.3, -0.25) is 0 Å². The van der Waals surface area contributed by atoms with Crippen LogP contribution in [0.2, 0.25) is 0 Å². The maximum Gasteiger partial charge on any atom is 0.120 e. The number of rotatable bonds is 8. The molecule has 2 unspecified atom stereocenters. The van der Waals surface area contributed by atoms with E-state index in [1.165, 1.54) is 0 Å². The van der Waals surface area contributed by atoms with E-state index < -0.39 is 11.6 Å². The zero-order valence-electron chi connectivity index (χ0n) is 10.4. The molecule has 0 bridgehead atoms. The Morgan fingerprint density at radius 3 is 2.41 bits per heavy atom. The number of azide groups is 2. The fourth-order valence-corrected chi connectivity index (χ4v) is 1.52. The van der Waals surface area contributed by atoms with Crippen molar-refractivity contribution in [3.05, 3.63) is 20.9 Å². The molecule has 0 aliphatic rings. The van der Waals surface area contributed by atoms with E-state index >= 15 is 0 Å². The highest BCUT2D eigenvalue weighted by Crippen LogP contribution is 2.25. The Kier molecular flexibility index (Phi) is 6.79. The smallest absolute Gasteiger partial charge is 0.120 e. The van der Waals surface area contributed by atoms with Gasteiger partial charge in [0.2, 0.25) is 0 Å². The molecule has 0 aromatic heterocycles. The average Bonchev–Trinajstić information content (AvgIpc) is 2.24. The summed E-state index contributed by atoms with van der Waals surface area (Å²) in [4.78, 5) is 15.9. The van der Waals surface area contributed by atoms with Crippen LogP contribution in [0, 0.1) is 5.92 Å². The largest absolute Gasteiger partial charge is 0.303 e. The lowest BCUT2D eigenvalue weighted by Gasteiger charge is -2.26. The molecule has 0 heterocycles. The average molecular weight is 238 g/mol. The van der Waals surface area contributed by atoms with Crippen LogP contribution in [0.25, 0.3) is 20.9 Å². The van der Waals surface area contributed by atoms with E-state index in [4.69, 9.17) is 11.1 Å². The van der Waals surface area contributed by atoms with Gasteiger partial charge in [0.15, 0.2) is 0 Å². The van der Waals surface area contributed by atoms with Crippen molar-refractivity contribution in [3.8, 4) is 0 Å². The number of carbonyl (C=O) groups excluding carboxylic acids is 1. The van der Waals surface area contributed by atoms with Gasteiger partial charge in [-0.05, 0) is 29.8 Å². The van der Waals surface area contributed by atoms with Crippen molar-refractivity contribution in [2.24, 2.45) is 16.1 Å². The third-order valence-corrected chi connectivity index (χ3v) is 2.74. The Hall–Kier alpha value is -1.71. The first-order valence-corrected chi connectivity index (χ1v) is 5.52. The summed E-state index contributed by atoms with van der Waals surface area (Å²) in [6.07, 6.45) is 2.73. The van der Waals surface area contributed by atoms with Crippen molar-refractivity contribution in [1.82, 2.24) is 0 Å². The molecule has 0 amide bonds. The van der Waals surface area contributed by atoms with Crippen LogP contribution >= 0.6 is 0 Å².